The minimum atomic E-state index is 0.208. The van der Waals surface area contributed by atoms with E-state index in [9.17, 15) is 4.79 Å². The summed E-state index contributed by atoms with van der Waals surface area (Å²) >= 11 is 5.42. The molecule has 2 aliphatic heterocycles. The van der Waals surface area contributed by atoms with Gasteiger partial charge in [0.1, 0.15) is 0 Å². The highest BCUT2D eigenvalue weighted by molar-refractivity contribution is 7.80. The van der Waals surface area contributed by atoms with Crippen LogP contribution in [0.1, 0.15) is 30.4 Å². The molecule has 0 unspecified atom stereocenters. The molecule has 4 rings (SSSR count). The number of nitrogens with zero attached hydrogens (tertiary/aromatic N) is 2. The number of thiocarbonyl (C=S) groups is 1. The fraction of sp³-hybridized carbons (Fsp3) is 0.391. The summed E-state index contributed by atoms with van der Waals surface area (Å²) in [6.45, 7) is 4.91. The molecule has 0 spiro atoms. The maximum atomic E-state index is 11.8. The summed E-state index contributed by atoms with van der Waals surface area (Å²) in [4.78, 5) is 16.2. The van der Waals surface area contributed by atoms with Crippen LogP contribution in [0.25, 0.3) is 0 Å². The molecule has 0 bridgehead atoms. The lowest BCUT2D eigenvalue weighted by atomic mass is 10.00. The van der Waals surface area contributed by atoms with Crippen LogP contribution in [0.3, 0.4) is 0 Å². The standard InChI is InChI=1S/C23H28N4OS/c28-22-7-3-15-27(22)21-10-8-20(9-11-21)25-23(29)24-13-4-14-26-16-12-18-5-1-2-6-19(18)17-26/h1-2,5-6,8-11H,3-4,7,12-17H2,(H2,24,25,29). The smallest absolute Gasteiger partial charge is 0.227 e. The second-order valence-corrected chi connectivity index (χ2v) is 8.13. The molecule has 0 radical (unpaired) electrons. The van der Waals surface area contributed by atoms with Crippen LogP contribution in [0.4, 0.5) is 11.4 Å². The van der Waals surface area contributed by atoms with Crippen LogP contribution in [0.2, 0.25) is 0 Å². The van der Waals surface area contributed by atoms with Crippen molar-refractivity contribution in [2.45, 2.75) is 32.2 Å². The molecule has 1 saturated heterocycles. The van der Waals surface area contributed by atoms with Gasteiger partial charge in [0.15, 0.2) is 5.11 Å². The van der Waals surface area contributed by atoms with Gasteiger partial charge in [-0.3, -0.25) is 9.69 Å². The molecular weight excluding hydrogens is 380 g/mol. The van der Waals surface area contributed by atoms with E-state index in [-0.39, 0.29) is 5.91 Å². The molecule has 2 aromatic rings. The number of hydrogen-bond acceptors (Lipinski definition) is 3. The summed E-state index contributed by atoms with van der Waals surface area (Å²) in [5.74, 6) is 0.208. The van der Waals surface area contributed by atoms with Crippen molar-refractivity contribution in [3.05, 3.63) is 59.7 Å². The number of carbonyl (C=O) groups excluding carboxylic acids is 1. The van der Waals surface area contributed by atoms with Crippen LogP contribution in [-0.2, 0) is 17.8 Å². The van der Waals surface area contributed by atoms with Crippen molar-refractivity contribution in [3.8, 4) is 0 Å². The summed E-state index contributed by atoms with van der Waals surface area (Å²) in [7, 11) is 0. The number of fused-ring (bicyclic) bond motifs is 1. The van der Waals surface area contributed by atoms with E-state index in [1.165, 1.54) is 11.1 Å². The zero-order chi connectivity index (χ0) is 20.1. The maximum Gasteiger partial charge on any atom is 0.227 e. The molecular formula is C23H28N4OS. The summed E-state index contributed by atoms with van der Waals surface area (Å²) in [6.07, 6.45) is 3.79. The Morgan fingerprint density at radius 1 is 1.00 bits per heavy atom. The number of rotatable bonds is 6. The molecule has 2 aliphatic rings. The third-order valence-electron chi connectivity index (χ3n) is 5.66. The van der Waals surface area contributed by atoms with Crippen molar-refractivity contribution in [1.29, 1.82) is 0 Å². The van der Waals surface area contributed by atoms with E-state index in [1.807, 2.05) is 29.2 Å². The number of benzene rings is 2. The first-order valence-electron chi connectivity index (χ1n) is 10.4. The molecule has 6 heteroatoms. The number of carbonyl (C=O) groups is 1. The van der Waals surface area contributed by atoms with Gasteiger partial charge in [0.2, 0.25) is 5.91 Å². The lowest BCUT2D eigenvalue weighted by molar-refractivity contribution is -0.117. The minimum Gasteiger partial charge on any atom is -0.362 e. The van der Waals surface area contributed by atoms with Gasteiger partial charge in [-0.2, -0.15) is 0 Å². The molecule has 2 aromatic carbocycles. The third kappa shape index (κ3) is 5.14. The van der Waals surface area contributed by atoms with E-state index < -0.39 is 0 Å². The monoisotopic (exact) mass is 408 g/mol. The summed E-state index contributed by atoms with van der Waals surface area (Å²) < 4.78 is 0. The highest BCUT2D eigenvalue weighted by atomic mass is 32.1. The van der Waals surface area contributed by atoms with Crippen LogP contribution in [0.15, 0.2) is 48.5 Å². The van der Waals surface area contributed by atoms with E-state index in [2.05, 4.69) is 39.8 Å². The Bertz CT molecular complexity index is 867. The average Bonchev–Trinajstić information content (AvgIpc) is 3.17. The second-order valence-electron chi connectivity index (χ2n) is 7.73. The van der Waals surface area contributed by atoms with Crippen molar-refractivity contribution < 1.29 is 4.79 Å². The van der Waals surface area contributed by atoms with Gasteiger partial charge >= 0.3 is 0 Å². The zero-order valence-electron chi connectivity index (χ0n) is 16.7. The Hall–Kier alpha value is -2.44. The number of amides is 1. The van der Waals surface area contributed by atoms with Crippen molar-refractivity contribution in [3.63, 3.8) is 0 Å². The molecule has 29 heavy (non-hydrogen) atoms. The van der Waals surface area contributed by atoms with Crippen molar-refractivity contribution in [2.24, 2.45) is 0 Å². The van der Waals surface area contributed by atoms with E-state index in [4.69, 9.17) is 12.2 Å². The normalized spacial score (nSPS) is 16.6. The number of hydrogen-bond donors (Lipinski definition) is 2. The fourth-order valence-electron chi connectivity index (χ4n) is 4.07. The van der Waals surface area contributed by atoms with Crippen LogP contribution in [-0.4, -0.2) is 42.1 Å². The second kappa shape index (κ2) is 9.37. The summed E-state index contributed by atoms with van der Waals surface area (Å²) in [6, 6.07) is 16.6. The average molecular weight is 409 g/mol. The Kier molecular flexibility index (Phi) is 6.42. The van der Waals surface area contributed by atoms with Gasteiger partial charge in [0.05, 0.1) is 0 Å². The van der Waals surface area contributed by atoms with Crippen LogP contribution in [0.5, 0.6) is 0 Å². The highest BCUT2D eigenvalue weighted by Gasteiger charge is 2.21. The van der Waals surface area contributed by atoms with Gasteiger partial charge in [-0.1, -0.05) is 24.3 Å². The predicted molar refractivity (Wildman–Crippen MR) is 122 cm³/mol. The Morgan fingerprint density at radius 2 is 1.79 bits per heavy atom. The lowest BCUT2D eigenvalue weighted by Crippen LogP contribution is -2.34. The zero-order valence-corrected chi connectivity index (χ0v) is 17.5. The van der Waals surface area contributed by atoms with E-state index >= 15 is 0 Å². The first-order chi connectivity index (χ1) is 14.2. The minimum absolute atomic E-state index is 0.208. The fourth-order valence-corrected chi connectivity index (χ4v) is 4.29. The predicted octanol–water partition coefficient (Wildman–Crippen LogP) is 3.55. The molecule has 1 fully saturated rings. The Morgan fingerprint density at radius 3 is 2.55 bits per heavy atom. The lowest BCUT2D eigenvalue weighted by Gasteiger charge is -2.28. The summed E-state index contributed by atoms with van der Waals surface area (Å²) in [5.41, 5.74) is 4.85. The molecule has 2 heterocycles. The Balaban J connectivity index is 1.16. The van der Waals surface area contributed by atoms with E-state index in [1.54, 1.807) is 0 Å². The van der Waals surface area contributed by atoms with Crippen LogP contribution < -0.4 is 15.5 Å². The molecule has 2 N–H and O–H groups in total. The largest absolute Gasteiger partial charge is 0.362 e. The maximum absolute atomic E-state index is 11.8. The molecule has 0 aromatic heterocycles. The van der Waals surface area contributed by atoms with Crippen molar-refractivity contribution in [1.82, 2.24) is 10.2 Å². The summed E-state index contributed by atoms with van der Waals surface area (Å²) in [5, 5.41) is 7.16. The number of nitrogens with one attached hydrogen (secondary N) is 2. The van der Waals surface area contributed by atoms with Gasteiger partial charge in [-0.05, 0) is 66.9 Å². The first kappa shape index (κ1) is 19.9. The molecule has 0 saturated carbocycles. The van der Waals surface area contributed by atoms with Gasteiger partial charge in [0, 0.05) is 50.5 Å². The van der Waals surface area contributed by atoms with Gasteiger partial charge in [-0.25, -0.2) is 0 Å². The van der Waals surface area contributed by atoms with Crippen LogP contribution >= 0.6 is 12.2 Å². The van der Waals surface area contributed by atoms with Crippen molar-refractivity contribution in [2.75, 3.05) is 36.4 Å². The highest BCUT2D eigenvalue weighted by Crippen LogP contribution is 2.23. The van der Waals surface area contributed by atoms with Gasteiger partial charge in [0.25, 0.3) is 0 Å². The van der Waals surface area contributed by atoms with Gasteiger partial charge < -0.3 is 15.5 Å². The van der Waals surface area contributed by atoms with Crippen LogP contribution in [0, 0.1) is 0 Å². The third-order valence-corrected chi connectivity index (χ3v) is 5.90. The molecule has 152 valence electrons. The van der Waals surface area contributed by atoms with Gasteiger partial charge in [-0.15, -0.1) is 0 Å². The van der Waals surface area contributed by atoms with E-state index in [0.29, 0.717) is 11.5 Å². The Labute approximate surface area is 178 Å². The van der Waals surface area contributed by atoms with Crippen molar-refractivity contribution >= 4 is 34.6 Å². The molecule has 0 atom stereocenters. The molecule has 1 amide bonds. The van der Waals surface area contributed by atoms with E-state index in [0.717, 1.165) is 63.4 Å². The first-order valence-corrected chi connectivity index (χ1v) is 10.8. The quantitative estimate of drug-likeness (QED) is 0.565. The SMILES string of the molecule is O=C1CCCN1c1ccc(NC(=S)NCCCN2CCc3ccccc3C2)cc1. The topological polar surface area (TPSA) is 47.6 Å². The number of anilines is 2. The molecule has 0 aliphatic carbocycles. The molecule has 5 nitrogen and oxygen atoms in total.